The Morgan fingerprint density at radius 1 is 1.05 bits per heavy atom. The van der Waals surface area contributed by atoms with Gasteiger partial charge in [-0.1, -0.05) is 30.3 Å². The molecule has 0 aliphatic carbocycles. The molecule has 0 aromatic heterocycles. The topological polar surface area (TPSA) is 74.7 Å². The molecule has 2 aromatic carbocycles. The Hall–Kier alpha value is -2.34. The molecule has 5 nitrogen and oxygen atoms in total. The molecule has 0 saturated carbocycles. The summed E-state index contributed by atoms with van der Waals surface area (Å²) in [4.78, 5) is 10.7. The van der Waals surface area contributed by atoms with Gasteiger partial charge < -0.3 is 5.11 Å². The van der Waals surface area contributed by atoms with E-state index in [2.05, 4.69) is 0 Å². The number of rotatable bonds is 6. The van der Waals surface area contributed by atoms with Crippen LogP contribution in [0.5, 0.6) is 0 Å². The fourth-order valence-electron chi connectivity index (χ4n) is 2.01. The number of anilines is 1. The van der Waals surface area contributed by atoms with Crippen LogP contribution in [0.3, 0.4) is 0 Å². The molecule has 0 aliphatic rings. The summed E-state index contributed by atoms with van der Waals surface area (Å²) < 4.78 is 26.3. The molecule has 0 saturated heterocycles. The quantitative estimate of drug-likeness (QED) is 0.888. The van der Waals surface area contributed by atoms with Crippen LogP contribution >= 0.6 is 0 Å². The number of nitrogens with zero attached hydrogens (tertiary/aromatic N) is 1. The summed E-state index contributed by atoms with van der Waals surface area (Å²) in [6.07, 6.45) is 0.403. The zero-order chi connectivity index (χ0) is 16.2. The van der Waals surface area contributed by atoms with E-state index in [1.54, 1.807) is 36.4 Å². The molecular weight excluding hydrogens is 302 g/mol. The predicted octanol–water partition coefficient (Wildman–Crippen LogP) is 2.53. The van der Waals surface area contributed by atoms with Gasteiger partial charge in [-0.15, -0.1) is 0 Å². The van der Waals surface area contributed by atoms with E-state index in [1.165, 1.54) is 23.5 Å². The minimum atomic E-state index is -3.62. The maximum Gasteiger partial charge on any atom is 0.303 e. The van der Waals surface area contributed by atoms with Gasteiger partial charge in [-0.2, -0.15) is 0 Å². The standard InChI is InChI=1S/C16H17NO4S/c1-17(14-5-3-2-4-6-14)22(20,21)15-10-7-13(8-11-15)9-12-16(18)19/h2-8,10-11H,9,12H2,1H3,(H,18,19). The minimum absolute atomic E-state index is 0.0238. The van der Waals surface area contributed by atoms with Gasteiger partial charge in [-0.05, 0) is 36.2 Å². The molecule has 2 rings (SSSR count). The van der Waals surface area contributed by atoms with Crippen LogP contribution in [0.4, 0.5) is 5.69 Å². The van der Waals surface area contributed by atoms with E-state index < -0.39 is 16.0 Å². The third-order valence-corrected chi connectivity index (χ3v) is 5.13. The number of hydrogen-bond donors (Lipinski definition) is 1. The number of aryl methyl sites for hydroxylation is 1. The number of para-hydroxylation sites is 1. The lowest BCUT2D eigenvalue weighted by atomic mass is 10.1. The average molecular weight is 319 g/mol. The zero-order valence-corrected chi connectivity index (χ0v) is 13.0. The molecule has 0 radical (unpaired) electrons. The number of aliphatic carboxylic acids is 1. The van der Waals surface area contributed by atoms with Gasteiger partial charge in [-0.25, -0.2) is 8.42 Å². The summed E-state index contributed by atoms with van der Waals surface area (Å²) in [5, 5.41) is 8.65. The maximum absolute atomic E-state index is 12.5. The molecule has 2 aromatic rings. The number of carboxylic acids is 1. The van der Waals surface area contributed by atoms with Crippen molar-refractivity contribution >= 4 is 21.7 Å². The van der Waals surface area contributed by atoms with Crippen molar-refractivity contribution in [2.45, 2.75) is 17.7 Å². The Bertz CT molecular complexity index is 739. The molecule has 6 heteroatoms. The molecule has 0 unspecified atom stereocenters. The van der Waals surface area contributed by atoms with Crippen LogP contribution in [0.25, 0.3) is 0 Å². The summed E-state index contributed by atoms with van der Waals surface area (Å²) in [5.74, 6) is -0.875. The van der Waals surface area contributed by atoms with E-state index in [0.29, 0.717) is 12.1 Å². The van der Waals surface area contributed by atoms with E-state index in [-0.39, 0.29) is 11.3 Å². The van der Waals surface area contributed by atoms with Crippen LogP contribution < -0.4 is 4.31 Å². The first-order valence-electron chi connectivity index (χ1n) is 6.76. The normalized spacial score (nSPS) is 11.1. The molecule has 22 heavy (non-hydrogen) atoms. The van der Waals surface area contributed by atoms with Gasteiger partial charge >= 0.3 is 5.97 Å². The number of hydrogen-bond acceptors (Lipinski definition) is 3. The lowest BCUT2D eigenvalue weighted by Gasteiger charge is -2.19. The first kappa shape index (κ1) is 16.0. The van der Waals surface area contributed by atoms with Crippen molar-refractivity contribution in [3.8, 4) is 0 Å². The summed E-state index contributed by atoms with van der Waals surface area (Å²) in [7, 11) is -2.12. The Morgan fingerprint density at radius 2 is 1.64 bits per heavy atom. The van der Waals surface area contributed by atoms with Gasteiger partial charge in [0, 0.05) is 13.5 Å². The van der Waals surface area contributed by atoms with Gasteiger partial charge in [-0.3, -0.25) is 9.10 Å². The van der Waals surface area contributed by atoms with Crippen LogP contribution in [0.15, 0.2) is 59.5 Å². The Morgan fingerprint density at radius 3 is 2.18 bits per heavy atom. The highest BCUT2D eigenvalue weighted by atomic mass is 32.2. The zero-order valence-electron chi connectivity index (χ0n) is 12.1. The Kier molecular flexibility index (Phi) is 4.82. The highest BCUT2D eigenvalue weighted by Crippen LogP contribution is 2.22. The van der Waals surface area contributed by atoms with Gasteiger partial charge in [0.1, 0.15) is 0 Å². The van der Waals surface area contributed by atoms with Crippen LogP contribution in [0.1, 0.15) is 12.0 Å². The lowest BCUT2D eigenvalue weighted by molar-refractivity contribution is -0.136. The van der Waals surface area contributed by atoms with Gasteiger partial charge in [0.2, 0.25) is 0 Å². The van der Waals surface area contributed by atoms with E-state index in [1.807, 2.05) is 6.07 Å². The number of sulfonamides is 1. The highest BCUT2D eigenvalue weighted by Gasteiger charge is 2.20. The highest BCUT2D eigenvalue weighted by molar-refractivity contribution is 7.92. The van der Waals surface area contributed by atoms with Crippen molar-refractivity contribution in [1.82, 2.24) is 0 Å². The molecule has 0 fully saturated rings. The molecule has 0 amide bonds. The predicted molar refractivity (Wildman–Crippen MR) is 84.4 cm³/mol. The van der Waals surface area contributed by atoms with Crippen molar-refractivity contribution in [2.24, 2.45) is 0 Å². The van der Waals surface area contributed by atoms with Gasteiger partial charge in [0.05, 0.1) is 10.6 Å². The second-order valence-corrected chi connectivity index (χ2v) is 6.82. The summed E-state index contributed by atoms with van der Waals surface area (Å²) in [5.41, 5.74) is 1.38. The number of carboxylic acid groups (broad SMARTS) is 1. The second-order valence-electron chi connectivity index (χ2n) is 4.85. The van der Waals surface area contributed by atoms with Crippen molar-refractivity contribution in [2.75, 3.05) is 11.4 Å². The van der Waals surface area contributed by atoms with Crippen molar-refractivity contribution in [3.05, 3.63) is 60.2 Å². The fraction of sp³-hybridized carbons (Fsp3) is 0.188. The third kappa shape index (κ3) is 3.65. The number of carbonyl (C=O) groups is 1. The van der Waals surface area contributed by atoms with Gasteiger partial charge in [0.25, 0.3) is 10.0 Å². The average Bonchev–Trinajstić information content (AvgIpc) is 2.53. The Balaban J connectivity index is 2.21. The smallest absolute Gasteiger partial charge is 0.303 e. The molecule has 0 heterocycles. The molecule has 1 N–H and O–H groups in total. The summed E-state index contributed by atoms with van der Waals surface area (Å²) >= 11 is 0. The third-order valence-electron chi connectivity index (χ3n) is 3.33. The van der Waals surface area contributed by atoms with Crippen LogP contribution in [0.2, 0.25) is 0 Å². The van der Waals surface area contributed by atoms with E-state index in [4.69, 9.17) is 5.11 Å². The Labute approximate surface area is 129 Å². The summed E-state index contributed by atoms with van der Waals surface area (Å²) in [6.45, 7) is 0. The molecule has 116 valence electrons. The largest absolute Gasteiger partial charge is 0.481 e. The molecule has 0 spiro atoms. The number of benzene rings is 2. The van der Waals surface area contributed by atoms with Crippen molar-refractivity contribution < 1.29 is 18.3 Å². The van der Waals surface area contributed by atoms with Crippen LogP contribution in [-0.4, -0.2) is 26.5 Å². The fourth-order valence-corrected chi connectivity index (χ4v) is 3.21. The van der Waals surface area contributed by atoms with Crippen LogP contribution in [-0.2, 0) is 21.2 Å². The van der Waals surface area contributed by atoms with Crippen molar-refractivity contribution in [3.63, 3.8) is 0 Å². The first-order valence-corrected chi connectivity index (χ1v) is 8.20. The second kappa shape index (κ2) is 6.62. The van der Waals surface area contributed by atoms with E-state index in [0.717, 1.165) is 5.56 Å². The molecule has 0 bridgehead atoms. The first-order chi connectivity index (χ1) is 10.4. The van der Waals surface area contributed by atoms with E-state index >= 15 is 0 Å². The molecule has 0 atom stereocenters. The SMILES string of the molecule is CN(c1ccccc1)S(=O)(=O)c1ccc(CCC(=O)O)cc1. The molecular formula is C16H17NO4S. The van der Waals surface area contributed by atoms with Crippen molar-refractivity contribution in [1.29, 1.82) is 0 Å². The van der Waals surface area contributed by atoms with Gasteiger partial charge in [0.15, 0.2) is 0 Å². The summed E-state index contributed by atoms with van der Waals surface area (Å²) in [6, 6.07) is 15.1. The monoisotopic (exact) mass is 319 g/mol. The maximum atomic E-state index is 12.5. The van der Waals surface area contributed by atoms with Crippen LogP contribution in [0, 0.1) is 0 Å². The molecule has 0 aliphatic heterocycles. The lowest BCUT2D eigenvalue weighted by Crippen LogP contribution is -2.26. The minimum Gasteiger partial charge on any atom is -0.481 e. The van der Waals surface area contributed by atoms with E-state index in [9.17, 15) is 13.2 Å².